The van der Waals surface area contributed by atoms with Crippen molar-refractivity contribution in [2.24, 2.45) is 0 Å². The number of aryl methyl sites for hydroxylation is 1. The number of aromatic amines is 1. The first-order chi connectivity index (χ1) is 14.1. The Balaban J connectivity index is 1.35. The third-order valence-corrected chi connectivity index (χ3v) is 5.27. The van der Waals surface area contributed by atoms with Gasteiger partial charge in [-0.05, 0) is 30.7 Å². The Labute approximate surface area is 170 Å². The molecule has 0 bridgehead atoms. The number of H-pyrrole nitrogens is 1. The Kier molecular flexibility index (Phi) is 5.30. The van der Waals surface area contributed by atoms with Gasteiger partial charge in [0.05, 0.1) is 0 Å². The zero-order chi connectivity index (χ0) is 20.2. The number of para-hydroxylation sites is 1. The van der Waals surface area contributed by atoms with Crippen LogP contribution in [-0.2, 0) is 5.75 Å². The molecule has 146 valence electrons. The van der Waals surface area contributed by atoms with Crippen LogP contribution in [0.15, 0.2) is 64.4 Å². The van der Waals surface area contributed by atoms with Crippen LogP contribution in [0.25, 0.3) is 11.0 Å². The Morgan fingerprint density at radius 2 is 1.83 bits per heavy atom. The molecule has 0 fully saturated rings. The van der Waals surface area contributed by atoms with E-state index in [4.69, 9.17) is 4.42 Å². The number of carbonyl (C=O) groups is 2. The lowest BCUT2D eigenvalue weighted by atomic mass is 10.1. The van der Waals surface area contributed by atoms with Gasteiger partial charge in [-0.1, -0.05) is 42.1 Å². The summed E-state index contributed by atoms with van der Waals surface area (Å²) in [6.45, 7) is 1.80. The quantitative estimate of drug-likeness (QED) is 0.346. The number of rotatable bonds is 5. The number of aromatic nitrogens is 3. The highest BCUT2D eigenvalue weighted by molar-refractivity contribution is 7.98. The second-order valence-electron chi connectivity index (χ2n) is 6.24. The van der Waals surface area contributed by atoms with Crippen LogP contribution < -0.4 is 10.9 Å². The number of nitrogens with zero attached hydrogens (tertiary/aromatic N) is 2. The van der Waals surface area contributed by atoms with E-state index in [1.165, 1.54) is 18.1 Å². The first-order valence-corrected chi connectivity index (χ1v) is 9.76. The Bertz CT molecular complexity index is 1150. The third-order valence-electron chi connectivity index (χ3n) is 4.32. The van der Waals surface area contributed by atoms with E-state index in [0.29, 0.717) is 16.9 Å². The van der Waals surface area contributed by atoms with Gasteiger partial charge in [0.1, 0.15) is 11.9 Å². The van der Waals surface area contributed by atoms with E-state index < -0.39 is 11.8 Å². The minimum absolute atomic E-state index is 0.172. The molecule has 0 radical (unpaired) electrons. The zero-order valence-electron chi connectivity index (χ0n) is 15.4. The van der Waals surface area contributed by atoms with Gasteiger partial charge in [0.2, 0.25) is 0 Å². The topological polar surface area (TPSA) is 113 Å². The van der Waals surface area contributed by atoms with Crippen molar-refractivity contribution in [2.45, 2.75) is 17.8 Å². The lowest BCUT2D eigenvalue weighted by Crippen LogP contribution is -2.41. The molecule has 4 rings (SSSR count). The van der Waals surface area contributed by atoms with Crippen LogP contribution in [0.2, 0.25) is 0 Å². The summed E-state index contributed by atoms with van der Waals surface area (Å²) in [7, 11) is 0. The van der Waals surface area contributed by atoms with E-state index in [1.54, 1.807) is 25.1 Å². The van der Waals surface area contributed by atoms with Gasteiger partial charge in [0.15, 0.2) is 10.9 Å². The van der Waals surface area contributed by atoms with Gasteiger partial charge in [-0.3, -0.25) is 25.5 Å². The molecule has 0 saturated carbocycles. The van der Waals surface area contributed by atoms with Crippen molar-refractivity contribution in [1.29, 1.82) is 0 Å². The first kappa shape index (κ1) is 18.8. The highest BCUT2D eigenvalue weighted by Crippen LogP contribution is 2.24. The van der Waals surface area contributed by atoms with E-state index in [-0.39, 0.29) is 5.76 Å². The van der Waals surface area contributed by atoms with Crippen LogP contribution in [0, 0.1) is 6.92 Å². The number of furan rings is 1. The molecule has 0 atom stereocenters. The molecule has 3 N–H and O–H groups in total. The van der Waals surface area contributed by atoms with Gasteiger partial charge in [0.25, 0.3) is 5.91 Å². The maximum Gasteiger partial charge on any atom is 0.305 e. The van der Waals surface area contributed by atoms with Crippen molar-refractivity contribution in [2.75, 3.05) is 0 Å². The summed E-state index contributed by atoms with van der Waals surface area (Å²) in [4.78, 5) is 28.7. The summed E-state index contributed by atoms with van der Waals surface area (Å²) in [5, 5.41) is 8.17. The highest BCUT2D eigenvalue weighted by atomic mass is 32.2. The largest absolute Gasteiger partial charge is 0.451 e. The van der Waals surface area contributed by atoms with Gasteiger partial charge in [-0.15, -0.1) is 0 Å². The molecule has 4 aromatic rings. The Morgan fingerprint density at radius 1 is 1.07 bits per heavy atom. The van der Waals surface area contributed by atoms with Crippen LogP contribution in [0.1, 0.15) is 32.0 Å². The van der Waals surface area contributed by atoms with E-state index in [2.05, 4.69) is 26.0 Å². The monoisotopic (exact) mass is 407 g/mol. The van der Waals surface area contributed by atoms with Gasteiger partial charge < -0.3 is 4.42 Å². The van der Waals surface area contributed by atoms with Crippen molar-refractivity contribution in [3.8, 4) is 0 Å². The molecule has 0 aliphatic heterocycles. The molecule has 0 saturated heterocycles. The fourth-order valence-electron chi connectivity index (χ4n) is 2.80. The first-order valence-electron chi connectivity index (χ1n) is 8.78. The molecule has 0 spiro atoms. The van der Waals surface area contributed by atoms with Gasteiger partial charge in [-0.25, -0.2) is 4.98 Å². The molecule has 9 heteroatoms. The summed E-state index contributed by atoms with van der Waals surface area (Å²) >= 11 is 1.51. The van der Waals surface area contributed by atoms with Crippen molar-refractivity contribution in [3.05, 3.63) is 77.3 Å². The maximum absolute atomic E-state index is 12.4. The molecule has 29 heavy (non-hydrogen) atoms. The molecule has 2 aromatic carbocycles. The average Bonchev–Trinajstić information content (AvgIpc) is 3.39. The lowest BCUT2D eigenvalue weighted by molar-refractivity contribution is 0.0831. The smallest absolute Gasteiger partial charge is 0.305 e. The number of hydrogen-bond donors (Lipinski definition) is 3. The lowest BCUT2D eigenvalue weighted by Gasteiger charge is -2.07. The standard InChI is InChI=1S/C20H17N5O3S/c1-12-15-4-2-3-5-16(15)28-17(12)19(27)24-23-18(26)14-8-6-13(7-9-14)10-29-20-21-11-22-25-20/h2-9,11H,10H2,1H3,(H,23,26)(H,24,27)(H,21,22,25). The fraction of sp³-hybridized carbons (Fsp3) is 0.100. The predicted octanol–water partition coefficient (Wildman–Crippen LogP) is 3.23. The zero-order valence-corrected chi connectivity index (χ0v) is 16.2. The van der Waals surface area contributed by atoms with Crippen LogP contribution in [0.3, 0.4) is 0 Å². The number of fused-ring (bicyclic) bond motifs is 1. The van der Waals surface area contributed by atoms with Crippen molar-refractivity contribution >= 4 is 34.5 Å². The van der Waals surface area contributed by atoms with E-state index >= 15 is 0 Å². The molecule has 2 amide bonds. The average molecular weight is 407 g/mol. The molecule has 0 aliphatic carbocycles. The minimum atomic E-state index is -0.507. The Morgan fingerprint density at radius 3 is 2.55 bits per heavy atom. The predicted molar refractivity (Wildman–Crippen MR) is 108 cm³/mol. The van der Waals surface area contributed by atoms with Crippen molar-refractivity contribution in [3.63, 3.8) is 0 Å². The summed E-state index contributed by atoms with van der Waals surface area (Å²) in [5.41, 5.74) is 7.63. The maximum atomic E-state index is 12.4. The molecule has 0 unspecified atom stereocenters. The number of hydrogen-bond acceptors (Lipinski definition) is 6. The molecular formula is C20H17N5O3S. The van der Waals surface area contributed by atoms with Crippen LogP contribution >= 0.6 is 11.8 Å². The minimum Gasteiger partial charge on any atom is -0.451 e. The fourth-order valence-corrected chi connectivity index (χ4v) is 3.54. The second kappa shape index (κ2) is 8.19. The van der Waals surface area contributed by atoms with E-state index in [9.17, 15) is 9.59 Å². The number of amides is 2. The number of thioether (sulfide) groups is 1. The third kappa shape index (κ3) is 4.14. The summed E-state index contributed by atoms with van der Waals surface area (Å²) in [6.07, 6.45) is 1.46. The number of nitrogens with one attached hydrogen (secondary N) is 3. The summed E-state index contributed by atoms with van der Waals surface area (Å²) < 4.78 is 5.59. The molecule has 2 heterocycles. The Hall–Kier alpha value is -3.59. The van der Waals surface area contributed by atoms with Gasteiger partial charge in [0, 0.05) is 22.3 Å². The molecule has 0 aliphatic rings. The molecule has 2 aromatic heterocycles. The molecule has 8 nitrogen and oxygen atoms in total. The SMILES string of the molecule is Cc1c(C(=O)NNC(=O)c2ccc(CSc3ncn[nH]3)cc2)oc2ccccc12. The van der Waals surface area contributed by atoms with Gasteiger partial charge in [-0.2, -0.15) is 5.10 Å². The van der Waals surface area contributed by atoms with E-state index in [0.717, 1.165) is 21.7 Å². The number of carbonyl (C=O) groups excluding carboxylic acids is 2. The van der Waals surface area contributed by atoms with Crippen molar-refractivity contribution < 1.29 is 14.0 Å². The van der Waals surface area contributed by atoms with Gasteiger partial charge >= 0.3 is 5.91 Å². The van der Waals surface area contributed by atoms with E-state index in [1.807, 2.05) is 30.3 Å². The summed E-state index contributed by atoms with van der Waals surface area (Å²) in [5.74, 6) is -0.0564. The number of benzene rings is 2. The number of hydrazine groups is 1. The van der Waals surface area contributed by atoms with Crippen LogP contribution in [-0.4, -0.2) is 27.0 Å². The van der Waals surface area contributed by atoms with Crippen LogP contribution in [0.5, 0.6) is 0 Å². The summed E-state index contributed by atoms with van der Waals surface area (Å²) in [6, 6.07) is 14.5. The normalized spacial score (nSPS) is 10.8. The van der Waals surface area contributed by atoms with Crippen LogP contribution in [0.4, 0.5) is 0 Å². The highest BCUT2D eigenvalue weighted by Gasteiger charge is 2.18. The van der Waals surface area contributed by atoms with Crippen molar-refractivity contribution in [1.82, 2.24) is 26.0 Å². The second-order valence-corrected chi connectivity index (χ2v) is 7.20. The molecular weight excluding hydrogens is 390 g/mol.